The second-order valence-electron chi connectivity index (χ2n) is 4.42. The number of carbonyl (C=O) groups excluding carboxylic acids is 1. The third-order valence-electron chi connectivity index (χ3n) is 2.99. The molecule has 0 aromatic carbocycles. The Morgan fingerprint density at radius 3 is 2.69 bits per heavy atom. The molecule has 1 amide bonds. The minimum Gasteiger partial charge on any atom is -0.352 e. The molecule has 1 aliphatic rings. The fourth-order valence-corrected chi connectivity index (χ4v) is 1.91. The molecule has 1 rings (SSSR count). The summed E-state index contributed by atoms with van der Waals surface area (Å²) in [6.45, 7) is 2.63. The second kappa shape index (κ2) is 7.60. The lowest BCUT2D eigenvalue weighted by Crippen LogP contribution is -2.48. The van der Waals surface area contributed by atoms with E-state index in [2.05, 4.69) is 10.6 Å². The van der Waals surface area contributed by atoms with Crippen LogP contribution in [0.3, 0.4) is 0 Å². The maximum atomic E-state index is 11.7. The van der Waals surface area contributed by atoms with Gasteiger partial charge >= 0.3 is 0 Å². The average molecular weight is 228 g/mol. The third kappa shape index (κ3) is 4.92. The summed E-state index contributed by atoms with van der Waals surface area (Å²) in [5, 5.41) is 6.27. The fraction of sp³-hybridized carbons (Fsp3) is 0.909. The monoisotopic (exact) mass is 228 g/mol. The minimum absolute atomic E-state index is 0.0103. The summed E-state index contributed by atoms with van der Waals surface area (Å²) in [6.07, 6.45) is 4.60. The molecule has 0 bridgehead atoms. The van der Waals surface area contributed by atoms with Gasteiger partial charge in [0.1, 0.15) is 0 Å². The molecule has 0 saturated carbocycles. The molecule has 0 aromatic rings. The molecule has 0 aliphatic carbocycles. The lowest BCUT2D eigenvalue weighted by molar-refractivity contribution is -0.123. The van der Waals surface area contributed by atoms with Crippen molar-refractivity contribution in [3.05, 3.63) is 0 Å². The van der Waals surface area contributed by atoms with Gasteiger partial charge < -0.3 is 22.1 Å². The van der Waals surface area contributed by atoms with Crippen LogP contribution < -0.4 is 22.1 Å². The number of carbonyl (C=O) groups is 1. The normalized spacial score (nSPS) is 19.4. The highest BCUT2D eigenvalue weighted by Crippen LogP contribution is 2.04. The van der Waals surface area contributed by atoms with Crippen LogP contribution >= 0.6 is 0 Å². The average Bonchev–Trinajstić information content (AvgIpc) is 2.30. The second-order valence-corrected chi connectivity index (χ2v) is 4.42. The van der Waals surface area contributed by atoms with Crippen molar-refractivity contribution in [1.82, 2.24) is 10.6 Å². The van der Waals surface area contributed by atoms with Gasteiger partial charge in [0.15, 0.2) is 0 Å². The standard InChI is InChI=1S/C11H24N4O/c12-6-2-1-3-10(13)11(16)15-9-4-7-14-8-5-9/h9-10,14H,1-8,12-13H2,(H,15,16). The quantitative estimate of drug-likeness (QED) is 0.453. The maximum Gasteiger partial charge on any atom is 0.237 e. The van der Waals surface area contributed by atoms with E-state index >= 15 is 0 Å². The molecular weight excluding hydrogens is 204 g/mol. The SMILES string of the molecule is NCCCCC(N)C(=O)NC1CCNCC1. The molecular formula is C11H24N4O. The molecule has 6 N–H and O–H groups in total. The van der Waals surface area contributed by atoms with E-state index in [1.54, 1.807) is 0 Å². The first-order valence-electron chi connectivity index (χ1n) is 6.20. The van der Waals surface area contributed by atoms with Crippen LogP contribution in [0.2, 0.25) is 0 Å². The summed E-state index contributed by atoms with van der Waals surface area (Å²) >= 11 is 0. The van der Waals surface area contributed by atoms with Crippen molar-refractivity contribution in [3.8, 4) is 0 Å². The number of nitrogens with two attached hydrogens (primary N) is 2. The fourth-order valence-electron chi connectivity index (χ4n) is 1.91. The Labute approximate surface area is 97.3 Å². The Bertz CT molecular complexity index is 204. The predicted molar refractivity (Wildman–Crippen MR) is 64.9 cm³/mol. The smallest absolute Gasteiger partial charge is 0.237 e. The molecule has 0 aromatic heterocycles. The molecule has 0 spiro atoms. The lowest BCUT2D eigenvalue weighted by atomic mass is 10.0. The van der Waals surface area contributed by atoms with E-state index in [1.165, 1.54) is 0 Å². The number of hydrogen-bond donors (Lipinski definition) is 4. The first-order valence-corrected chi connectivity index (χ1v) is 6.20. The summed E-state index contributed by atoms with van der Waals surface area (Å²) in [7, 11) is 0. The number of rotatable bonds is 6. The molecule has 1 aliphatic heterocycles. The van der Waals surface area contributed by atoms with Gasteiger partial charge in [-0.25, -0.2) is 0 Å². The van der Waals surface area contributed by atoms with Gasteiger partial charge in [0.25, 0.3) is 0 Å². The van der Waals surface area contributed by atoms with Gasteiger partial charge in [0, 0.05) is 6.04 Å². The van der Waals surface area contributed by atoms with E-state index in [9.17, 15) is 4.79 Å². The van der Waals surface area contributed by atoms with Crippen LogP contribution in [0.25, 0.3) is 0 Å². The number of unbranched alkanes of at least 4 members (excludes halogenated alkanes) is 1. The molecule has 0 radical (unpaired) electrons. The molecule has 5 nitrogen and oxygen atoms in total. The highest BCUT2D eigenvalue weighted by atomic mass is 16.2. The zero-order chi connectivity index (χ0) is 11.8. The summed E-state index contributed by atoms with van der Waals surface area (Å²) in [5.41, 5.74) is 11.2. The Kier molecular flexibility index (Phi) is 6.37. The van der Waals surface area contributed by atoms with Gasteiger partial charge in [-0.05, 0) is 45.3 Å². The van der Waals surface area contributed by atoms with Crippen LogP contribution in [0.4, 0.5) is 0 Å². The highest BCUT2D eigenvalue weighted by molar-refractivity contribution is 5.81. The Hall–Kier alpha value is -0.650. The molecule has 1 saturated heterocycles. The molecule has 16 heavy (non-hydrogen) atoms. The number of hydrogen-bond acceptors (Lipinski definition) is 4. The van der Waals surface area contributed by atoms with E-state index in [4.69, 9.17) is 11.5 Å². The van der Waals surface area contributed by atoms with E-state index in [0.29, 0.717) is 12.6 Å². The van der Waals surface area contributed by atoms with E-state index in [0.717, 1.165) is 45.2 Å². The topological polar surface area (TPSA) is 93.2 Å². The van der Waals surface area contributed by atoms with Gasteiger partial charge in [-0.3, -0.25) is 4.79 Å². The van der Waals surface area contributed by atoms with Gasteiger partial charge in [0.05, 0.1) is 6.04 Å². The summed E-state index contributed by atoms with van der Waals surface area (Å²) in [5.74, 6) is -0.0103. The highest BCUT2D eigenvalue weighted by Gasteiger charge is 2.19. The van der Waals surface area contributed by atoms with E-state index in [-0.39, 0.29) is 11.9 Å². The maximum absolute atomic E-state index is 11.7. The molecule has 1 heterocycles. The summed E-state index contributed by atoms with van der Waals surface area (Å²) in [6, 6.07) is -0.0734. The van der Waals surface area contributed by atoms with Crippen molar-refractivity contribution in [1.29, 1.82) is 0 Å². The zero-order valence-electron chi connectivity index (χ0n) is 9.87. The Morgan fingerprint density at radius 2 is 2.06 bits per heavy atom. The van der Waals surface area contributed by atoms with E-state index < -0.39 is 0 Å². The van der Waals surface area contributed by atoms with E-state index in [1.807, 2.05) is 0 Å². The lowest BCUT2D eigenvalue weighted by Gasteiger charge is -2.25. The number of amides is 1. The van der Waals surface area contributed by atoms with Crippen molar-refractivity contribution >= 4 is 5.91 Å². The Morgan fingerprint density at radius 1 is 1.38 bits per heavy atom. The van der Waals surface area contributed by atoms with Crippen LogP contribution in [0.1, 0.15) is 32.1 Å². The summed E-state index contributed by atoms with van der Waals surface area (Å²) in [4.78, 5) is 11.7. The first kappa shape index (κ1) is 13.4. The first-order chi connectivity index (χ1) is 7.74. The van der Waals surface area contributed by atoms with Gasteiger partial charge in [-0.1, -0.05) is 6.42 Å². The molecule has 94 valence electrons. The third-order valence-corrected chi connectivity index (χ3v) is 2.99. The van der Waals surface area contributed by atoms with Crippen molar-refractivity contribution < 1.29 is 4.79 Å². The van der Waals surface area contributed by atoms with Crippen molar-refractivity contribution in [3.63, 3.8) is 0 Å². The van der Waals surface area contributed by atoms with Crippen molar-refractivity contribution in [2.45, 2.75) is 44.2 Å². The predicted octanol–water partition coefficient (Wildman–Crippen LogP) is -0.689. The minimum atomic E-state index is -0.374. The van der Waals surface area contributed by atoms with Crippen molar-refractivity contribution in [2.24, 2.45) is 11.5 Å². The van der Waals surface area contributed by atoms with Crippen LogP contribution in [0.5, 0.6) is 0 Å². The molecule has 1 atom stereocenters. The Balaban J connectivity index is 2.16. The van der Waals surface area contributed by atoms with Crippen LogP contribution in [0, 0.1) is 0 Å². The largest absolute Gasteiger partial charge is 0.352 e. The zero-order valence-corrected chi connectivity index (χ0v) is 9.87. The van der Waals surface area contributed by atoms with Crippen LogP contribution in [-0.4, -0.2) is 37.6 Å². The van der Waals surface area contributed by atoms with Crippen LogP contribution in [-0.2, 0) is 4.79 Å². The molecule has 1 fully saturated rings. The number of piperidine rings is 1. The van der Waals surface area contributed by atoms with Crippen molar-refractivity contribution in [2.75, 3.05) is 19.6 Å². The van der Waals surface area contributed by atoms with Gasteiger partial charge in [-0.2, -0.15) is 0 Å². The van der Waals surface area contributed by atoms with Gasteiger partial charge in [0.2, 0.25) is 5.91 Å². The molecule has 1 unspecified atom stereocenters. The van der Waals surface area contributed by atoms with Crippen LogP contribution in [0.15, 0.2) is 0 Å². The molecule has 5 heteroatoms. The number of nitrogens with one attached hydrogen (secondary N) is 2. The van der Waals surface area contributed by atoms with Gasteiger partial charge in [-0.15, -0.1) is 0 Å². The summed E-state index contributed by atoms with van der Waals surface area (Å²) < 4.78 is 0.